The van der Waals surface area contributed by atoms with Gasteiger partial charge in [0.05, 0.1) is 6.42 Å². The van der Waals surface area contributed by atoms with Gasteiger partial charge in [0.1, 0.15) is 0 Å². The number of hydrogen-bond donors (Lipinski definition) is 1. The van der Waals surface area contributed by atoms with Crippen LogP contribution in [0, 0.1) is 0 Å². The van der Waals surface area contributed by atoms with Crippen molar-refractivity contribution >= 4 is 11.9 Å². The van der Waals surface area contributed by atoms with Gasteiger partial charge in [0, 0.05) is 0 Å². The first-order valence-electron chi connectivity index (χ1n) is 9.67. The zero-order valence-electron chi connectivity index (χ0n) is 15.6. The number of carbonyl (C=O) groups is 2. The normalized spacial score (nSPS) is 12.0. The summed E-state index contributed by atoms with van der Waals surface area (Å²) in [5.41, 5.74) is 0. The summed E-state index contributed by atoms with van der Waals surface area (Å²) in [6.07, 6.45) is 15.1. The van der Waals surface area contributed by atoms with Crippen molar-refractivity contribution < 1.29 is 24.5 Å². The summed E-state index contributed by atoms with van der Waals surface area (Å²) in [6.45, 7) is 3.50. The predicted molar refractivity (Wildman–Crippen MR) is 94.2 cm³/mol. The quantitative estimate of drug-likeness (QED) is 0.261. The van der Waals surface area contributed by atoms with Crippen LogP contribution >= 0.6 is 0 Å². The summed E-state index contributed by atoms with van der Waals surface area (Å²) in [5, 5.41) is 8.87. The van der Waals surface area contributed by atoms with Crippen LogP contribution in [-0.2, 0) is 19.4 Å². The molecule has 0 radical (unpaired) electrons. The maximum absolute atomic E-state index is 11.3. The Morgan fingerprint density at radius 3 is 1.58 bits per heavy atom. The highest BCUT2D eigenvalue weighted by Crippen LogP contribution is 2.13. The first-order chi connectivity index (χ1) is 11.6. The van der Waals surface area contributed by atoms with Gasteiger partial charge in [-0.15, -0.1) is 0 Å². The second-order valence-corrected chi connectivity index (χ2v) is 6.53. The molecule has 0 fully saturated rings. The Bertz CT molecular complexity index is 315. The maximum Gasteiger partial charge on any atom is 0.383 e. The van der Waals surface area contributed by atoms with E-state index in [-0.39, 0.29) is 6.42 Å². The first-order valence-corrected chi connectivity index (χ1v) is 9.67. The summed E-state index contributed by atoms with van der Waals surface area (Å²) in [7, 11) is 0. The lowest BCUT2D eigenvalue weighted by atomic mass is 10.0. The average Bonchev–Trinajstić information content (AvgIpc) is 2.56. The molecule has 0 aliphatic rings. The minimum absolute atomic E-state index is 0.241. The zero-order valence-corrected chi connectivity index (χ0v) is 15.6. The molecule has 0 aromatic heterocycles. The number of aliphatic hydroxyl groups excluding tert-OH is 1. The molecule has 142 valence electrons. The Morgan fingerprint density at radius 1 is 0.750 bits per heavy atom. The second-order valence-electron chi connectivity index (χ2n) is 6.53. The van der Waals surface area contributed by atoms with Gasteiger partial charge >= 0.3 is 11.9 Å². The molecule has 0 saturated heterocycles. The lowest BCUT2D eigenvalue weighted by Gasteiger charge is -2.05. The van der Waals surface area contributed by atoms with Crippen molar-refractivity contribution in [2.75, 3.05) is 0 Å². The number of rotatable bonds is 15. The molecule has 0 bridgehead atoms. The van der Waals surface area contributed by atoms with E-state index in [1.54, 1.807) is 0 Å². The van der Waals surface area contributed by atoms with Gasteiger partial charge in [-0.1, -0.05) is 84.0 Å². The highest BCUT2D eigenvalue weighted by Gasteiger charge is 2.14. The molecule has 1 atom stereocenters. The molecule has 5 nitrogen and oxygen atoms in total. The molecule has 1 unspecified atom stereocenters. The Morgan fingerprint density at radius 2 is 1.17 bits per heavy atom. The van der Waals surface area contributed by atoms with Gasteiger partial charge in [0.15, 0.2) is 6.10 Å². The molecule has 0 amide bonds. The van der Waals surface area contributed by atoms with Gasteiger partial charge in [-0.3, -0.25) is 0 Å². The van der Waals surface area contributed by atoms with Crippen LogP contribution in [0.1, 0.15) is 104 Å². The molecular formula is C19H36O5. The standard InChI is InChI=1S/C19H36O5/c1-3-4-5-6-7-8-9-10-11-12-13-14-15-16-18(21)23-24-19(22)17(2)20/h17,20H,3-16H2,1-2H3. The highest BCUT2D eigenvalue weighted by molar-refractivity contribution is 5.75. The Hall–Kier alpha value is -1.10. The number of unbranched alkanes of at least 4 members (excludes halogenated alkanes) is 12. The summed E-state index contributed by atoms with van der Waals surface area (Å²) in [5.74, 6) is -1.51. The van der Waals surface area contributed by atoms with Gasteiger partial charge in [-0.2, -0.15) is 0 Å². The summed E-state index contributed by atoms with van der Waals surface area (Å²) >= 11 is 0. The van der Waals surface area contributed by atoms with Crippen LogP contribution in [0.4, 0.5) is 0 Å². The average molecular weight is 344 g/mol. The van der Waals surface area contributed by atoms with Gasteiger partial charge in [-0.25, -0.2) is 19.4 Å². The molecule has 5 heteroatoms. The monoisotopic (exact) mass is 344 g/mol. The summed E-state index contributed by atoms with van der Waals surface area (Å²) in [6, 6.07) is 0. The Labute approximate surface area is 147 Å². The Kier molecular flexibility index (Phi) is 16.0. The second kappa shape index (κ2) is 16.7. The van der Waals surface area contributed by atoms with Crippen LogP contribution < -0.4 is 0 Å². The molecule has 0 spiro atoms. The van der Waals surface area contributed by atoms with Crippen molar-refractivity contribution in [1.29, 1.82) is 0 Å². The van der Waals surface area contributed by atoms with Gasteiger partial charge in [0.25, 0.3) is 0 Å². The van der Waals surface area contributed by atoms with E-state index in [1.165, 1.54) is 71.1 Å². The highest BCUT2D eigenvalue weighted by atomic mass is 17.2. The van der Waals surface area contributed by atoms with E-state index in [1.807, 2.05) is 0 Å². The summed E-state index contributed by atoms with van der Waals surface area (Å²) < 4.78 is 0. The van der Waals surface area contributed by atoms with Crippen LogP contribution in [0.5, 0.6) is 0 Å². The fourth-order valence-corrected chi connectivity index (χ4v) is 2.49. The van der Waals surface area contributed by atoms with E-state index >= 15 is 0 Å². The van der Waals surface area contributed by atoms with Crippen molar-refractivity contribution in [3.8, 4) is 0 Å². The molecule has 0 rings (SSSR count). The minimum Gasteiger partial charge on any atom is -0.382 e. The molecule has 0 aliphatic carbocycles. The van der Waals surface area contributed by atoms with E-state index in [4.69, 9.17) is 5.11 Å². The number of carbonyl (C=O) groups excluding carboxylic acids is 2. The SMILES string of the molecule is CCCCCCCCCCCCCCCC(=O)OOC(=O)C(C)O. The number of aliphatic hydroxyl groups is 1. The molecule has 24 heavy (non-hydrogen) atoms. The van der Waals surface area contributed by atoms with E-state index in [9.17, 15) is 9.59 Å². The van der Waals surface area contributed by atoms with Crippen LogP contribution in [0.2, 0.25) is 0 Å². The third-order valence-electron chi connectivity index (χ3n) is 4.04. The zero-order chi connectivity index (χ0) is 18.0. The van der Waals surface area contributed by atoms with Gasteiger partial charge in [-0.05, 0) is 13.3 Å². The number of hydrogen-bond acceptors (Lipinski definition) is 5. The van der Waals surface area contributed by atoms with Gasteiger partial charge < -0.3 is 5.11 Å². The topological polar surface area (TPSA) is 72.8 Å². The molecule has 0 aromatic rings. The van der Waals surface area contributed by atoms with Crippen LogP contribution in [-0.4, -0.2) is 23.1 Å². The molecule has 0 aliphatic heterocycles. The third-order valence-corrected chi connectivity index (χ3v) is 4.04. The van der Waals surface area contributed by atoms with E-state index in [2.05, 4.69) is 16.7 Å². The van der Waals surface area contributed by atoms with Gasteiger partial charge in [0.2, 0.25) is 0 Å². The fourth-order valence-electron chi connectivity index (χ4n) is 2.49. The van der Waals surface area contributed by atoms with Crippen molar-refractivity contribution in [3.05, 3.63) is 0 Å². The van der Waals surface area contributed by atoms with Crippen LogP contribution in [0.25, 0.3) is 0 Å². The van der Waals surface area contributed by atoms with Crippen molar-refractivity contribution in [3.63, 3.8) is 0 Å². The van der Waals surface area contributed by atoms with Crippen molar-refractivity contribution in [2.45, 2.75) is 110 Å². The summed E-state index contributed by atoms with van der Waals surface area (Å²) in [4.78, 5) is 30.7. The minimum atomic E-state index is -1.28. The van der Waals surface area contributed by atoms with E-state index in [0.29, 0.717) is 0 Å². The molecule has 0 aromatic carbocycles. The first kappa shape index (κ1) is 22.9. The molecule has 0 heterocycles. The van der Waals surface area contributed by atoms with Crippen LogP contribution in [0.15, 0.2) is 0 Å². The van der Waals surface area contributed by atoms with Crippen molar-refractivity contribution in [2.24, 2.45) is 0 Å². The molecule has 1 N–H and O–H groups in total. The predicted octanol–water partition coefficient (Wildman–Crippen LogP) is 4.85. The third kappa shape index (κ3) is 15.8. The lowest BCUT2D eigenvalue weighted by Crippen LogP contribution is -2.21. The Balaban J connectivity index is 3.22. The molecular weight excluding hydrogens is 308 g/mol. The van der Waals surface area contributed by atoms with E-state index in [0.717, 1.165) is 19.3 Å². The molecule has 0 saturated carbocycles. The van der Waals surface area contributed by atoms with Crippen LogP contribution in [0.3, 0.4) is 0 Å². The van der Waals surface area contributed by atoms with Crippen molar-refractivity contribution in [1.82, 2.24) is 0 Å². The largest absolute Gasteiger partial charge is 0.383 e. The van der Waals surface area contributed by atoms with E-state index < -0.39 is 18.0 Å². The fraction of sp³-hybridized carbons (Fsp3) is 0.895. The maximum atomic E-state index is 11.3. The lowest BCUT2D eigenvalue weighted by molar-refractivity contribution is -0.264. The smallest absolute Gasteiger partial charge is 0.382 e.